The van der Waals surface area contributed by atoms with E-state index in [1.807, 2.05) is 36.4 Å². The van der Waals surface area contributed by atoms with Crippen LogP contribution in [0.25, 0.3) is 11.1 Å². The number of benzene rings is 2. The molecule has 1 atom stereocenters. The third-order valence-corrected chi connectivity index (χ3v) is 4.95. The molecule has 1 aliphatic rings. The summed E-state index contributed by atoms with van der Waals surface area (Å²) in [5.41, 5.74) is 3.77. The third-order valence-electron chi connectivity index (χ3n) is 4.95. The molecule has 0 spiro atoms. The van der Waals surface area contributed by atoms with E-state index in [0.29, 0.717) is 38.0 Å². The molecule has 2 aromatic carbocycles. The lowest BCUT2D eigenvalue weighted by Crippen LogP contribution is -2.40. The highest BCUT2D eigenvalue weighted by Gasteiger charge is 2.31. The van der Waals surface area contributed by atoms with Gasteiger partial charge in [0.1, 0.15) is 5.75 Å². The van der Waals surface area contributed by atoms with Gasteiger partial charge in [-0.25, -0.2) is 15.3 Å². The Labute approximate surface area is 174 Å². The summed E-state index contributed by atoms with van der Waals surface area (Å²) in [4.78, 5) is 35.7. The van der Waals surface area contributed by atoms with Crippen molar-refractivity contribution >= 4 is 17.5 Å². The van der Waals surface area contributed by atoms with Gasteiger partial charge in [-0.2, -0.15) is 0 Å². The molecule has 30 heavy (non-hydrogen) atoms. The number of hydrogen-bond donors (Lipinski definition) is 3. The van der Waals surface area contributed by atoms with Gasteiger partial charge in [0.2, 0.25) is 11.8 Å². The maximum absolute atomic E-state index is 13.0. The molecule has 0 aromatic heterocycles. The lowest BCUT2D eigenvalue weighted by molar-refractivity contribution is -0.273. The summed E-state index contributed by atoms with van der Waals surface area (Å²) in [5.74, 6) is -0.650. The highest BCUT2D eigenvalue weighted by Crippen LogP contribution is 2.35. The predicted octanol–water partition coefficient (Wildman–Crippen LogP) is 3.53. The standard InChI is InChI=1S/C22H26N2O6/c25-19-15-17(16-7-3-1-4-8-16)11-12-18(19)24(22-13-14-29-30-22)21(27)10-6-2-5-9-20(26)23-28/h1,3-4,7-8,11-12,15,22,25,28H,2,5-6,9-10,13-14H2,(H,23,26). The second-order valence-corrected chi connectivity index (χ2v) is 7.09. The number of carbonyl (C=O) groups is 2. The topological polar surface area (TPSA) is 108 Å². The zero-order chi connectivity index (χ0) is 21.3. The van der Waals surface area contributed by atoms with Gasteiger partial charge in [-0.15, -0.1) is 0 Å². The first kappa shape index (κ1) is 21.8. The molecule has 3 N–H and O–H groups in total. The Morgan fingerprint density at radius 1 is 1.03 bits per heavy atom. The number of hydroxylamine groups is 1. The largest absolute Gasteiger partial charge is 0.506 e. The molecule has 1 aliphatic heterocycles. The number of phenols is 1. The molecule has 0 bridgehead atoms. The Morgan fingerprint density at radius 3 is 2.47 bits per heavy atom. The van der Waals surface area contributed by atoms with Gasteiger partial charge in [0.15, 0.2) is 6.23 Å². The van der Waals surface area contributed by atoms with Crippen molar-refractivity contribution in [2.75, 3.05) is 11.5 Å². The van der Waals surface area contributed by atoms with E-state index in [1.54, 1.807) is 17.6 Å². The molecule has 1 fully saturated rings. The van der Waals surface area contributed by atoms with Crippen molar-refractivity contribution in [2.45, 2.75) is 44.8 Å². The summed E-state index contributed by atoms with van der Waals surface area (Å²) >= 11 is 0. The number of phenolic OH excluding ortho intramolecular Hbond substituents is 1. The number of nitrogens with zero attached hydrogens (tertiary/aromatic N) is 1. The lowest BCUT2D eigenvalue weighted by atomic mass is 10.0. The van der Waals surface area contributed by atoms with Crippen LogP contribution in [-0.4, -0.2) is 35.0 Å². The van der Waals surface area contributed by atoms with Crippen molar-refractivity contribution in [3.63, 3.8) is 0 Å². The van der Waals surface area contributed by atoms with Crippen LogP contribution in [0.1, 0.15) is 38.5 Å². The summed E-state index contributed by atoms with van der Waals surface area (Å²) in [5, 5.41) is 19.2. The van der Waals surface area contributed by atoms with Gasteiger partial charge < -0.3 is 5.11 Å². The lowest BCUT2D eigenvalue weighted by Gasteiger charge is -2.27. The Morgan fingerprint density at radius 2 is 1.80 bits per heavy atom. The minimum Gasteiger partial charge on any atom is -0.506 e. The molecule has 8 heteroatoms. The quantitative estimate of drug-likeness (QED) is 0.251. The second kappa shape index (κ2) is 10.7. The molecule has 2 amide bonds. The van der Waals surface area contributed by atoms with E-state index in [2.05, 4.69) is 0 Å². The van der Waals surface area contributed by atoms with Crippen LogP contribution in [0.2, 0.25) is 0 Å². The fraction of sp³-hybridized carbons (Fsp3) is 0.364. The number of anilines is 1. The van der Waals surface area contributed by atoms with E-state index in [1.165, 1.54) is 4.90 Å². The fourth-order valence-electron chi connectivity index (χ4n) is 3.40. The number of nitrogens with one attached hydrogen (secondary N) is 1. The third kappa shape index (κ3) is 5.56. The van der Waals surface area contributed by atoms with E-state index in [-0.39, 0.29) is 24.5 Å². The SMILES string of the molecule is O=C(CCCCCC(=O)N(c1ccc(-c2ccccc2)cc1O)C1CCOO1)NO. The molecule has 2 aromatic rings. The molecule has 0 aliphatic carbocycles. The average Bonchev–Trinajstić information content (AvgIpc) is 3.29. The Hall–Kier alpha value is -2.94. The minimum absolute atomic E-state index is 0.0141. The average molecular weight is 414 g/mol. The number of rotatable bonds is 9. The van der Waals surface area contributed by atoms with Crippen molar-refractivity contribution in [2.24, 2.45) is 0 Å². The number of aromatic hydroxyl groups is 1. The zero-order valence-corrected chi connectivity index (χ0v) is 16.6. The molecule has 160 valence electrons. The van der Waals surface area contributed by atoms with Gasteiger partial charge in [0, 0.05) is 19.3 Å². The van der Waals surface area contributed by atoms with Crippen LogP contribution >= 0.6 is 0 Å². The van der Waals surface area contributed by atoms with Crippen LogP contribution in [0.5, 0.6) is 5.75 Å². The Balaban J connectivity index is 1.70. The van der Waals surface area contributed by atoms with E-state index in [0.717, 1.165) is 11.1 Å². The number of amides is 2. The van der Waals surface area contributed by atoms with Crippen molar-refractivity contribution in [3.8, 4) is 16.9 Å². The van der Waals surface area contributed by atoms with Crippen LogP contribution in [0, 0.1) is 0 Å². The van der Waals surface area contributed by atoms with E-state index < -0.39 is 12.1 Å². The van der Waals surface area contributed by atoms with Crippen molar-refractivity contribution < 1.29 is 29.7 Å². The normalized spacial score (nSPS) is 15.7. The molecule has 3 rings (SSSR count). The summed E-state index contributed by atoms with van der Waals surface area (Å²) < 4.78 is 0. The molecule has 1 heterocycles. The summed E-state index contributed by atoms with van der Waals surface area (Å²) in [7, 11) is 0. The van der Waals surface area contributed by atoms with E-state index >= 15 is 0 Å². The maximum Gasteiger partial charge on any atom is 0.243 e. The van der Waals surface area contributed by atoms with Gasteiger partial charge in [0.25, 0.3) is 0 Å². The molecular weight excluding hydrogens is 388 g/mol. The van der Waals surface area contributed by atoms with Gasteiger partial charge in [-0.1, -0.05) is 42.8 Å². The molecule has 0 radical (unpaired) electrons. The second-order valence-electron chi connectivity index (χ2n) is 7.09. The number of carbonyl (C=O) groups excluding carboxylic acids is 2. The van der Waals surface area contributed by atoms with Crippen LogP contribution in [0.4, 0.5) is 5.69 Å². The fourth-order valence-corrected chi connectivity index (χ4v) is 3.40. The first-order chi connectivity index (χ1) is 14.6. The number of hydrogen-bond acceptors (Lipinski definition) is 6. The van der Waals surface area contributed by atoms with Crippen molar-refractivity contribution in [3.05, 3.63) is 48.5 Å². The van der Waals surface area contributed by atoms with Crippen LogP contribution in [0.3, 0.4) is 0 Å². The Bertz CT molecular complexity index is 852. The minimum atomic E-state index is -0.605. The molecular formula is C22H26N2O6. The van der Waals surface area contributed by atoms with E-state index in [9.17, 15) is 14.7 Å². The summed E-state index contributed by atoms with van der Waals surface area (Å²) in [6, 6.07) is 14.9. The first-order valence-electron chi connectivity index (χ1n) is 10.0. The number of unbranched alkanes of at least 4 members (excludes halogenated alkanes) is 2. The highest BCUT2D eigenvalue weighted by molar-refractivity contribution is 5.95. The van der Waals surface area contributed by atoms with Gasteiger partial charge in [-0.05, 0) is 36.1 Å². The van der Waals surface area contributed by atoms with Gasteiger partial charge in [-0.3, -0.25) is 19.7 Å². The van der Waals surface area contributed by atoms with Crippen LogP contribution in [-0.2, 0) is 19.4 Å². The molecule has 8 nitrogen and oxygen atoms in total. The summed E-state index contributed by atoms with van der Waals surface area (Å²) in [6.45, 7) is 0.369. The predicted molar refractivity (Wildman–Crippen MR) is 109 cm³/mol. The molecule has 1 unspecified atom stereocenters. The molecule has 0 saturated carbocycles. The van der Waals surface area contributed by atoms with Gasteiger partial charge in [0.05, 0.1) is 12.3 Å². The molecule has 1 saturated heterocycles. The smallest absolute Gasteiger partial charge is 0.243 e. The van der Waals surface area contributed by atoms with Gasteiger partial charge >= 0.3 is 0 Å². The Kier molecular flexibility index (Phi) is 7.78. The van der Waals surface area contributed by atoms with Crippen LogP contribution in [0.15, 0.2) is 48.5 Å². The first-order valence-corrected chi connectivity index (χ1v) is 10.0. The summed E-state index contributed by atoms with van der Waals surface area (Å²) in [6.07, 6.45) is 2.14. The highest BCUT2D eigenvalue weighted by atomic mass is 17.2. The van der Waals surface area contributed by atoms with Crippen molar-refractivity contribution in [1.29, 1.82) is 0 Å². The van der Waals surface area contributed by atoms with Crippen LogP contribution < -0.4 is 10.4 Å². The maximum atomic E-state index is 13.0. The monoisotopic (exact) mass is 414 g/mol. The zero-order valence-electron chi connectivity index (χ0n) is 16.6. The van der Waals surface area contributed by atoms with E-state index in [4.69, 9.17) is 15.0 Å². The van der Waals surface area contributed by atoms with Crippen molar-refractivity contribution in [1.82, 2.24) is 5.48 Å².